The average Bonchev–Trinajstić information content (AvgIpc) is 3.41. The summed E-state index contributed by atoms with van der Waals surface area (Å²) in [5.74, 6) is -6.39. The number of aromatic hydroxyl groups is 2. The summed E-state index contributed by atoms with van der Waals surface area (Å²) in [5.41, 5.74) is 0.839. The van der Waals surface area contributed by atoms with Crippen molar-refractivity contribution in [1.29, 1.82) is 0 Å². The Morgan fingerprint density at radius 3 is 1.84 bits per heavy atom. The minimum absolute atomic E-state index is 0.104. The van der Waals surface area contributed by atoms with Crippen LogP contribution in [0.4, 0.5) is 0 Å². The van der Waals surface area contributed by atoms with Crippen LogP contribution >= 0.6 is 0 Å². The summed E-state index contributed by atoms with van der Waals surface area (Å²) < 4.78 is 48.5. The highest BCUT2D eigenvalue weighted by Crippen LogP contribution is 2.39. The van der Waals surface area contributed by atoms with Gasteiger partial charge in [-0.25, -0.2) is 9.59 Å². The molecule has 2 aliphatic heterocycles. The van der Waals surface area contributed by atoms with Crippen molar-refractivity contribution in [1.82, 2.24) is 0 Å². The van der Waals surface area contributed by atoms with Crippen molar-refractivity contribution < 1.29 is 92.4 Å². The van der Waals surface area contributed by atoms with E-state index in [4.69, 9.17) is 42.6 Å². The molecule has 2 aliphatic rings. The smallest absolute Gasteiger partial charge is 0.331 e. The van der Waals surface area contributed by atoms with E-state index in [-0.39, 0.29) is 23.0 Å². The van der Waals surface area contributed by atoms with Crippen LogP contribution in [-0.2, 0) is 52.3 Å². The van der Waals surface area contributed by atoms with E-state index in [9.17, 15) is 49.8 Å². The summed E-state index contributed by atoms with van der Waals surface area (Å²) >= 11 is 0. The van der Waals surface area contributed by atoms with E-state index in [1.165, 1.54) is 62.8 Å². The molecule has 0 saturated carbocycles. The lowest BCUT2D eigenvalue weighted by molar-refractivity contribution is -0.383. The highest BCUT2D eigenvalue weighted by atomic mass is 16.8. The van der Waals surface area contributed by atoms with Crippen molar-refractivity contribution in [2.24, 2.45) is 0 Å². The third-order valence-corrected chi connectivity index (χ3v) is 8.27. The van der Waals surface area contributed by atoms with Gasteiger partial charge in [0.25, 0.3) is 0 Å². The molecule has 0 aromatic heterocycles. The van der Waals surface area contributed by atoms with Crippen LogP contribution in [0.3, 0.4) is 0 Å². The van der Waals surface area contributed by atoms with Gasteiger partial charge in [-0.1, -0.05) is 12.1 Å². The van der Waals surface area contributed by atoms with Crippen molar-refractivity contribution in [3.8, 4) is 23.0 Å². The summed E-state index contributed by atoms with van der Waals surface area (Å²) in [7, 11) is 2.67. The number of carbonyl (C=O) groups excluding carboxylic acids is 4. The number of aliphatic hydroxyl groups is 4. The fourth-order valence-corrected chi connectivity index (χ4v) is 5.55. The molecule has 19 nitrogen and oxygen atoms in total. The minimum atomic E-state index is -2.59. The molecule has 2 heterocycles. The van der Waals surface area contributed by atoms with Gasteiger partial charge in [0.15, 0.2) is 35.2 Å². The molecular weight excluding hydrogens is 736 g/mol. The Kier molecular flexibility index (Phi) is 14.6. The van der Waals surface area contributed by atoms with Gasteiger partial charge in [0.1, 0.15) is 50.3 Å². The Bertz CT molecular complexity index is 1740. The molecule has 2 aromatic rings. The number of esters is 4. The molecule has 55 heavy (non-hydrogen) atoms. The molecule has 0 aliphatic carbocycles. The lowest BCUT2D eigenvalue weighted by atomic mass is 9.98. The SMILES string of the molecule is COc1cc(/C=C/C(=O)OC[C@H]2O[C@@](CO)(O[C@@H]3O[C@H](COC(C)=O)[C@@H](O)[C@H](O)[C@H]3OC(C)=O)[C@@H](OC(=O)/C=C/c3ccc(O)c(OC)c3)[C@@H]2O)ccc1O. The third kappa shape index (κ3) is 10.7. The minimum Gasteiger partial charge on any atom is -0.504 e. The number of methoxy groups -OCH3 is 2. The molecule has 0 bridgehead atoms. The second-order valence-corrected chi connectivity index (χ2v) is 12.2. The van der Waals surface area contributed by atoms with Gasteiger partial charge in [0.05, 0.1) is 14.2 Å². The van der Waals surface area contributed by atoms with E-state index >= 15 is 0 Å². The first-order chi connectivity index (χ1) is 26.1. The van der Waals surface area contributed by atoms with Crippen molar-refractivity contribution in [2.75, 3.05) is 34.0 Å². The van der Waals surface area contributed by atoms with Gasteiger partial charge in [-0.05, 0) is 47.5 Å². The molecule has 0 radical (unpaired) electrons. The molecule has 300 valence electrons. The molecule has 0 amide bonds. The normalized spacial score (nSPS) is 27.8. The largest absolute Gasteiger partial charge is 0.504 e. The van der Waals surface area contributed by atoms with Gasteiger partial charge < -0.3 is 73.3 Å². The number of aliphatic hydroxyl groups excluding tert-OH is 4. The first-order valence-corrected chi connectivity index (χ1v) is 16.6. The van der Waals surface area contributed by atoms with Crippen molar-refractivity contribution in [3.63, 3.8) is 0 Å². The maximum Gasteiger partial charge on any atom is 0.331 e. The lowest BCUT2D eigenvalue weighted by Gasteiger charge is -2.44. The molecule has 2 aromatic carbocycles. The zero-order chi connectivity index (χ0) is 40.4. The zero-order valence-corrected chi connectivity index (χ0v) is 30.0. The topological polar surface area (TPSA) is 273 Å². The van der Waals surface area contributed by atoms with E-state index < -0.39 is 98.5 Å². The van der Waals surface area contributed by atoms with Gasteiger partial charge >= 0.3 is 23.9 Å². The summed E-state index contributed by atoms with van der Waals surface area (Å²) in [5, 5.41) is 63.4. The van der Waals surface area contributed by atoms with Gasteiger partial charge in [0.2, 0.25) is 12.1 Å². The Labute approximate surface area is 313 Å². The quantitative estimate of drug-likeness (QED) is 0.0770. The zero-order valence-electron chi connectivity index (χ0n) is 30.0. The van der Waals surface area contributed by atoms with Crippen LogP contribution in [0.1, 0.15) is 25.0 Å². The number of ether oxygens (including phenoxy) is 9. The van der Waals surface area contributed by atoms with Crippen LogP contribution < -0.4 is 9.47 Å². The number of hydrogen-bond donors (Lipinski definition) is 6. The van der Waals surface area contributed by atoms with Crippen LogP contribution in [0.5, 0.6) is 23.0 Å². The van der Waals surface area contributed by atoms with Crippen LogP contribution in [-0.4, -0.2) is 143 Å². The molecule has 2 fully saturated rings. The van der Waals surface area contributed by atoms with Crippen molar-refractivity contribution >= 4 is 36.0 Å². The molecule has 0 spiro atoms. The van der Waals surface area contributed by atoms with E-state index in [1.54, 1.807) is 0 Å². The summed E-state index contributed by atoms with van der Waals surface area (Å²) in [4.78, 5) is 49.3. The van der Waals surface area contributed by atoms with E-state index in [1.807, 2.05) is 0 Å². The summed E-state index contributed by atoms with van der Waals surface area (Å²) in [6, 6.07) is 8.47. The molecule has 19 heteroatoms. The highest BCUT2D eigenvalue weighted by molar-refractivity contribution is 5.88. The first kappa shape index (κ1) is 42.5. The Morgan fingerprint density at radius 1 is 0.745 bits per heavy atom. The maximum absolute atomic E-state index is 13.2. The van der Waals surface area contributed by atoms with Gasteiger partial charge in [-0.15, -0.1) is 0 Å². The predicted molar refractivity (Wildman–Crippen MR) is 183 cm³/mol. The second-order valence-electron chi connectivity index (χ2n) is 12.2. The first-order valence-electron chi connectivity index (χ1n) is 16.6. The Balaban J connectivity index is 1.61. The molecule has 9 atom stereocenters. The predicted octanol–water partition coefficient (Wildman–Crippen LogP) is -0.297. The Hall–Kier alpha value is -5.28. The Morgan fingerprint density at radius 2 is 1.31 bits per heavy atom. The standard InChI is InChI=1S/C36H42O19/c1-18(38)49-15-26-30(44)32(46)33(51-19(2)39)35(52-26)55-36(17-37)34(53-29(43)12-8-21-6-10-23(41)25(14-21)48-4)31(45)27(54-36)16-50-28(42)11-7-20-5-9-22(40)24(13-20)47-3/h5-14,26-27,30-35,37,40-41,44-46H,15-17H2,1-4H3/b11-7+,12-8+/t26-,27-,30-,31-,32+,33-,34+,35+,36+/m1/s1. The van der Waals surface area contributed by atoms with Crippen molar-refractivity contribution in [3.05, 3.63) is 59.7 Å². The van der Waals surface area contributed by atoms with Gasteiger partial charge in [-0.3, -0.25) is 9.59 Å². The molecule has 0 unspecified atom stereocenters. The third-order valence-electron chi connectivity index (χ3n) is 8.27. The molecular formula is C36H42O19. The van der Waals surface area contributed by atoms with Gasteiger partial charge in [-0.2, -0.15) is 0 Å². The number of carbonyl (C=O) groups is 4. The average molecular weight is 779 g/mol. The van der Waals surface area contributed by atoms with Crippen molar-refractivity contribution in [2.45, 2.75) is 68.7 Å². The van der Waals surface area contributed by atoms with E-state index in [2.05, 4.69) is 0 Å². The number of phenolic OH excluding ortho intramolecular Hbond substituents is 2. The fourth-order valence-electron chi connectivity index (χ4n) is 5.55. The molecule has 2 saturated heterocycles. The van der Waals surface area contributed by atoms with Crippen LogP contribution in [0.2, 0.25) is 0 Å². The van der Waals surface area contributed by atoms with E-state index in [0.29, 0.717) is 11.1 Å². The highest BCUT2D eigenvalue weighted by Gasteiger charge is 2.61. The van der Waals surface area contributed by atoms with Crippen LogP contribution in [0, 0.1) is 0 Å². The number of benzene rings is 2. The fraction of sp³-hybridized carbons (Fsp3) is 0.444. The maximum atomic E-state index is 13.2. The van der Waals surface area contributed by atoms with Crippen LogP contribution in [0.15, 0.2) is 48.6 Å². The van der Waals surface area contributed by atoms with Gasteiger partial charge in [0, 0.05) is 26.0 Å². The monoisotopic (exact) mass is 778 g/mol. The second kappa shape index (κ2) is 18.8. The summed E-state index contributed by atoms with van der Waals surface area (Å²) in [6.45, 7) is -0.455. The van der Waals surface area contributed by atoms with E-state index in [0.717, 1.165) is 26.0 Å². The number of phenols is 2. The number of rotatable bonds is 15. The molecule has 4 rings (SSSR count). The molecule has 6 N–H and O–H groups in total. The van der Waals surface area contributed by atoms with Crippen LogP contribution in [0.25, 0.3) is 12.2 Å². The lowest BCUT2D eigenvalue weighted by Crippen LogP contribution is -2.64. The summed E-state index contributed by atoms with van der Waals surface area (Å²) in [6.07, 6.45) is -9.75. The number of hydrogen-bond acceptors (Lipinski definition) is 19.